The van der Waals surface area contributed by atoms with Crippen molar-refractivity contribution in [1.29, 1.82) is 0 Å². The fourth-order valence-electron chi connectivity index (χ4n) is 1.77. The molecule has 0 bridgehead atoms. The Morgan fingerprint density at radius 1 is 1.19 bits per heavy atom. The minimum Gasteiger partial charge on any atom is -0.290 e. The predicted molar refractivity (Wildman–Crippen MR) is 62.4 cm³/mol. The SMILES string of the molecule is Cc1ccc2nc3[nH]c(=O)ncc3cc2c1. The van der Waals surface area contributed by atoms with Crippen LogP contribution >= 0.6 is 0 Å². The second-order valence-corrected chi connectivity index (χ2v) is 3.81. The molecule has 0 aliphatic rings. The summed E-state index contributed by atoms with van der Waals surface area (Å²) in [4.78, 5) is 21.8. The Balaban J connectivity index is 2.48. The highest BCUT2D eigenvalue weighted by Crippen LogP contribution is 2.17. The Morgan fingerprint density at radius 2 is 2.06 bits per heavy atom. The van der Waals surface area contributed by atoms with E-state index in [1.54, 1.807) is 6.20 Å². The number of fused-ring (bicyclic) bond motifs is 2. The Hall–Kier alpha value is -2.23. The molecule has 0 saturated carbocycles. The Kier molecular flexibility index (Phi) is 1.77. The highest BCUT2D eigenvalue weighted by molar-refractivity contribution is 5.90. The van der Waals surface area contributed by atoms with Crippen LogP contribution in [0.5, 0.6) is 0 Å². The summed E-state index contributed by atoms with van der Waals surface area (Å²) in [5, 5.41) is 1.90. The van der Waals surface area contributed by atoms with Gasteiger partial charge >= 0.3 is 5.69 Å². The summed E-state index contributed by atoms with van der Waals surface area (Å²) in [6.07, 6.45) is 1.54. The summed E-state index contributed by atoms with van der Waals surface area (Å²) in [6.45, 7) is 2.04. The molecule has 0 aliphatic heterocycles. The van der Waals surface area contributed by atoms with Gasteiger partial charge in [-0.25, -0.2) is 14.8 Å². The van der Waals surface area contributed by atoms with E-state index in [0.29, 0.717) is 5.65 Å². The summed E-state index contributed by atoms with van der Waals surface area (Å²) in [5.41, 5.74) is 2.27. The molecule has 4 heteroatoms. The van der Waals surface area contributed by atoms with Gasteiger partial charge in [-0.15, -0.1) is 0 Å². The van der Waals surface area contributed by atoms with Crippen LogP contribution in [-0.4, -0.2) is 15.0 Å². The molecule has 0 aliphatic carbocycles. The zero-order chi connectivity index (χ0) is 11.1. The van der Waals surface area contributed by atoms with Gasteiger partial charge in [0.1, 0.15) is 5.65 Å². The van der Waals surface area contributed by atoms with Crippen molar-refractivity contribution in [3.05, 3.63) is 46.5 Å². The van der Waals surface area contributed by atoms with E-state index in [1.807, 2.05) is 25.1 Å². The van der Waals surface area contributed by atoms with E-state index in [-0.39, 0.29) is 5.69 Å². The first-order valence-corrected chi connectivity index (χ1v) is 4.99. The first-order valence-electron chi connectivity index (χ1n) is 4.99. The number of hydrogen-bond donors (Lipinski definition) is 1. The van der Waals surface area contributed by atoms with E-state index >= 15 is 0 Å². The molecule has 0 fully saturated rings. The highest BCUT2D eigenvalue weighted by atomic mass is 16.1. The Labute approximate surface area is 91.0 Å². The lowest BCUT2D eigenvalue weighted by Crippen LogP contribution is -2.09. The molecular formula is C12H9N3O. The summed E-state index contributed by atoms with van der Waals surface area (Å²) in [6, 6.07) is 7.99. The van der Waals surface area contributed by atoms with Gasteiger partial charge in [-0.1, -0.05) is 11.6 Å². The van der Waals surface area contributed by atoms with Crippen LogP contribution in [0.2, 0.25) is 0 Å². The maximum Gasteiger partial charge on any atom is 0.346 e. The molecular weight excluding hydrogens is 202 g/mol. The van der Waals surface area contributed by atoms with Crippen LogP contribution in [0.3, 0.4) is 0 Å². The number of rotatable bonds is 0. The van der Waals surface area contributed by atoms with Crippen LogP contribution in [0.25, 0.3) is 21.9 Å². The molecule has 0 amide bonds. The minimum atomic E-state index is -0.369. The highest BCUT2D eigenvalue weighted by Gasteiger charge is 2.00. The minimum absolute atomic E-state index is 0.369. The molecule has 1 N–H and O–H groups in total. The number of nitrogens with one attached hydrogen (secondary N) is 1. The summed E-state index contributed by atoms with van der Waals surface area (Å²) in [7, 11) is 0. The Morgan fingerprint density at radius 3 is 2.94 bits per heavy atom. The molecule has 0 saturated heterocycles. The van der Waals surface area contributed by atoms with Crippen LogP contribution < -0.4 is 5.69 Å². The van der Waals surface area contributed by atoms with E-state index in [4.69, 9.17) is 0 Å². The molecule has 1 aromatic carbocycles. The van der Waals surface area contributed by atoms with Crippen molar-refractivity contribution in [2.45, 2.75) is 6.92 Å². The zero-order valence-electron chi connectivity index (χ0n) is 8.69. The van der Waals surface area contributed by atoms with Gasteiger partial charge in [0.05, 0.1) is 5.52 Å². The topological polar surface area (TPSA) is 58.6 Å². The number of nitrogens with zero attached hydrogens (tertiary/aromatic N) is 2. The van der Waals surface area contributed by atoms with Gasteiger partial charge < -0.3 is 0 Å². The standard InChI is InChI=1S/C12H9N3O/c1-7-2-3-10-8(4-7)5-9-6-13-12(16)15-11(9)14-10/h2-6H,1H3,(H,13,14,15,16). The van der Waals surface area contributed by atoms with E-state index in [2.05, 4.69) is 21.0 Å². The molecule has 2 heterocycles. The predicted octanol–water partition coefficient (Wildman–Crippen LogP) is 1.78. The van der Waals surface area contributed by atoms with Gasteiger partial charge in [0.15, 0.2) is 0 Å². The normalized spacial score (nSPS) is 11.1. The third-order valence-electron chi connectivity index (χ3n) is 2.55. The fraction of sp³-hybridized carbons (Fsp3) is 0.0833. The van der Waals surface area contributed by atoms with Gasteiger partial charge in [0.25, 0.3) is 0 Å². The first-order chi connectivity index (χ1) is 7.72. The Bertz CT molecular complexity index is 746. The molecule has 3 aromatic rings. The van der Waals surface area contributed by atoms with Crippen LogP contribution in [-0.2, 0) is 0 Å². The van der Waals surface area contributed by atoms with Crippen molar-refractivity contribution in [2.75, 3.05) is 0 Å². The molecule has 3 rings (SSSR count). The number of benzene rings is 1. The van der Waals surface area contributed by atoms with E-state index in [0.717, 1.165) is 16.3 Å². The van der Waals surface area contributed by atoms with Crippen LogP contribution in [0.15, 0.2) is 35.3 Å². The summed E-state index contributed by atoms with van der Waals surface area (Å²) >= 11 is 0. The smallest absolute Gasteiger partial charge is 0.290 e. The second-order valence-electron chi connectivity index (χ2n) is 3.81. The molecule has 4 nitrogen and oxygen atoms in total. The molecule has 78 valence electrons. The number of H-pyrrole nitrogens is 1. The fourth-order valence-corrected chi connectivity index (χ4v) is 1.77. The maximum absolute atomic E-state index is 11.1. The lowest BCUT2D eigenvalue weighted by atomic mass is 10.1. The number of pyridine rings is 1. The third kappa shape index (κ3) is 1.35. The van der Waals surface area contributed by atoms with Crippen LogP contribution in [0.4, 0.5) is 0 Å². The largest absolute Gasteiger partial charge is 0.346 e. The van der Waals surface area contributed by atoms with Crippen LogP contribution in [0.1, 0.15) is 5.56 Å². The maximum atomic E-state index is 11.1. The van der Waals surface area contributed by atoms with Crippen molar-refractivity contribution in [3.63, 3.8) is 0 Å². The second kappa shape index (κ2) is 3.13. The van der Waals surface area contributed by atoms with Gasteiger partial charge in [0, 0.05) is 17.0 Å². The van der Waals surface area contributed by atoms with Gasteiger partial charge in [0.2, 0.25) is 0 Å². The quantitative estimate of drug-likeness (QED) is 0.576. The van der Waals surface area contributed by atoms with E-state index in [1.165, 1.54) is 5.56 Å². The molecule has 0 atom stereocenters. The van der Waals surface area contributed by atoms with Crippen molar-refractivity contribution < 1.29 is 0 Å². The van der Waals surface area contributed by atoms with Crippen molar-refractivity contribution in [2.24, 2.45) is 0 Å². The zero-order valence-corrected chi connectivity index (χ0v) is 8.69. The molecule has 0 spiro atoms. The van der Waals surface area contributed by atoms with E-state index < -0.39 is 0 Å². The molecule has 2 aromatic heterocycles. The first kappa shape index (κ1) is 9.03. The third-order valence-corrected chi connectivity index (χ3v) is 2.55. The number of aromatic nitrogens is 3. The molecule has 0 radical (unpaired) electrons. The van der Waals surface area contributed by atoms with Crippen molar-refractivity contribution in [1.82, 2.24) is 15.0 Å². The number of aromatic amines is 1. The average Bonchev–Trinajstić information content (AvgIpc) is 2.26. The van der Waals surface area contributed by atoms with E-state index in [9.17, 15) is 4.79 Å². The molecule has 16 heavy (non-hydrogen) atoms. The van der Waals surface area contributed by atoms with Gasteiger partial charge in [-0.2, -0.15) is 0 Å². The van der Waals surface area contributed by atoms with Gasteiger partial charge in [-0.05, 0) is 25.1 Å². The monoisotopic (exact) mass is 211 g/mol. The summed E-state index contributed by atoms with van der Waals surface area (Å²) in [5.74, 6) is 0. The van der Waals surface area contributed by atoms with Crippen LogP contribution in [0, 0.1) is 6.92 Å². The van der Waals surface area contributed by atoms with Crippen molar-refractivity contribution >= 4 is 21.9 Å². The average molecular weight is 211 g/mol. The number of hydrogen-bond acceptors (Lipinski definition) is 3. The van der Waals surface area contributed by atoms with Gasteiger partial charge in [-0.3, -0.25) is 4.98 Å². The molecule has 0 unspecified atom stereocenters. The lowest BCUT2D eigenvalue weighted by molar-refractivity contribution is 1.10. The van der Waals surface area contributed by atoms with Crippen molar-refractivity contribution in [3.8, 4) is 0 Å². The number of aryl methyl sites for hydroxylation is 1. The lowest BCUT2D eigenvalue weighted by Gasteiger charge is -2.01. The summed E-state index contributed by atoms with van der Waals surface area (Å²) < 4.78 is 0.